The van der Waals surface area contributed by atoms with Gasteiger partial charge in [-0.1, -0.05) is 0 Å². The summed E-state index contributed by atoms with van der Waals surface area (Å²) in [5.41, 5.74) is 2.32. The lowest BCUT2D eigenvalue weighted by molar-refractivity contribution is 1.22. The van der Waals surface area contributed by atoms with Gasteiger partial charge in [-0.2, -0.15) is 0 Å². The first kappa shape index (κ1) is 9.28. The molecule has 0 amide bonds. The van der Waals surface area contributed by atoms with Crippen LogP contribution in [0.25, 0.3) is 21.5 Å². The minimum absolute atomic E-state index is 1.04. The molecule has 0 bridgehead atoms. The van der Waals surface area contributed by atoms with Gasteiger partial charge in [0, 0.05) is 35.1 Å². The monoisotopic (exact) mass is 208 g/mol. The zero-order valence-electron chi connectivity index (χ0n) is 9.36. The first-order chi connectivity index (χ1) is 7.75. The van der Waals surface area contributed by atoms with Crippen LogP contribution in [0.3, 0.4) is 0 Å². The third-order valence-electron chi connectivity index (χ3n) is 2.98. The van der Waals surface area contributed by atoms with Crippen molar-refractivity contribution < 1.29 is 0 Å². The van der Waals surface area contributed by atoms with E-state index in [1.807, 2.05) is 25.5 Å². The molecule has 0 saturated carbocycles. The largest absolute Gasteiger partial charge is 0.264 e. The number of fused-ring (bicyclic) bond motifs is 3. The Morgan fingerprint density at radius 3 is 2.69 bits per heavy atom. The zero-order chi connectivity index (χ0) is 11.1. The minimum atomic E-state index is 1.04. The normalized spacial score (nSPS) is 11.1. The summed E-state index contributed by atoms with van der Waals surface area (Å²) in [7, 11) is 0. The molecule has 2 heterocycles. The maximum absolute atomic E-state index is 4.33. The van der Waals surface area contributed by atoms with Crippen LogP contribution < -0.4 is 0 Å². The smallest absolute Gasteiger partial charge is 0.0379 e. The van der Waals surface area contributed by atoms with Crippen LogP contribution in [0.4, 0.5) is 0 Å². The van der Waals surface area contributed by atoms with Crippen LogP contribution in [0.1, 0.15) is 11.3 Å². The molecule has 2 heteroatoms. The Morgan fingerprint density at radius 2 is 1.81 bits per heavy atom. The van der Waals surface area contributed by atoms with Crippen molar-refractivity contribution in [1.82, 2.24) is 9.97 Å². The van der Waals surface area contributed by atoms with Gasteiger partial charge in [-0.05, 0) is 48.4 Å². The molecule has 0 unspecified atom stereocenters. The maximum Gasteiger partial charge on any atom is 0.0379 e. The van der Waals surface area contributed by atoms with Crippen LogP contribution in [0, 0.1) is 13.8 Å². The molecule has 0 spiro atoms. The summed E-state index contributed by atoms with van der Waals surface area (Å²) < 4.78 is 0. The van der Waals surface area contributed by atoms with Crippen molar-refractivity contribution in [3.8, 4) is 0 Å². The lowest BCUT2D eigenvalue weighted by atomic mass is 10.0. The number of nitrogens with zero attached hydrogens (tertiary/aromatic N) is 2. The van der Waals surface area contributed by atoms with Gasteiger partial charge in [0.1, 0.15) is 0 Å². The van der Waals surface area contributed by atoms with Crippen LogP contribution in [-0.4, -0.2) is 9.97 Å². The van der Waals surface area contributed by atoms with Crippen molar-refractivity contribution in [3.05, 3.63) is 48.0 Å². The second-order valence-electron chi connectivity index (χ2n) is 4.16. The van der Waals surface area contributed by atoms with Crippen molar-refractivity contribution in [3.63, 3.8) is 0 Å². The highest BCUT2D eigenvalue weighted by Gasteiger charge is 2.04. The van der Waals surface area contributed by atoms with E-state index in [1.54, 1.807) is 0 Å². The molecule has 16 heavy (non-hydrogen) atoms. The average molecular weight is 208 g/mol. The van der Waals surface area contributed by atoms with Crippen molar-refractivity contribution in [1.29, 1.82) is 0 Å². The molecule has 3 rings (SSSR count). The summed E-state index contributed by atoms with van der Waals surface area (Å²) in [5.74, 6) is 0. The predicted molar refractivity (Wildman–Crippen MR) is 66.5 cm³/mol. The van der Waals surface area contributed by atoms with Gasteiger partial charge in [-0.3, -0.25) is 9.97 Å². The molecule has 0 saturated heterocycles. The van der Waals surface area contributed by atoms with Gasteiger partial charge >= 0.3 is 0 Å². The first-order valence-corrected chi connectivity index (χ1v) is 5.35. The molecule has 0 aliphatic carbocycles. The number of aryl methyl sites for hydroxylation is 2. The molecule has 2 aromatic heterocycles. The van der Waals surface area contributed by atoms with Crippen molar-refractivity contribution in [2.45, 2.75) is 13.8 Å². The lowest BCUT2D eigenvalue weighted by Crippen LogP contribution is -1.86. The molecule has 3 aromatic rings. The van der Waals surface area contributed by atoms with E-state index >= 15 is 0 Å². The number of rotatable bonds is 0. The maximum atomic E-state index is 4.33. The predicted octanol–water partition coefficient (Wildman–Crippen LogP) is 3.40. The van der Waals surface area contributed by atoms with Gasteiger partial charge in [-0.15, -0.1) is 0 Å². The fourth-order valence-corrected chi connectivity index (χ4v) is 2.18. The molecular weight excluding hydrogens is 196 g/mol. The van der Waals surface area contributed by atoms with E-state index in [0.29, 0.717) is 0 Å². The lowest BCUT2D eigenvalue weighted by Gasteiger charge is -2.06. The quantitative estimate of drug-likeness (QED) is 0.529. The summed E-state index contributed by atoms with van der Waals surface area (Å²) in [6.07, 6.45) is 5.71. The van der Waals surface area contributed by atoms with Crippen molar-refractivity contribution in [2.75, 3.05) is 0 Å². The summed E-state index contributed by atoms with van der Waals surface area (Å²) >= 11 is 0. The van der Waals surface area contributed by atoms with Gasteiger partial charge < -0.3 is 0 Å². The third kappa shape index (κ3) is 1.27. The van der Waals surface area contributed by atoms with Crippen LogP contribution in [0.5, 0.6) is 0 Å². The fraction of sp³-hybridized carbons (Fsp3) is 0.143. The molecule has 0 radical (unpaired) electrons. The van der Waals surface area contributed by atoms with Crippen LogP contribution in [-0.2, 0) is 0 Å². The molecule has 78 valence electrons. The summed E-state index contributed by atoms with van der Waals surface area (Å²) in [6, 6.07) is 6.38. The topological polar surface area (TPSA) is 25.8 Å². The van der Waals surface area contributed by atoms with E-state index in [4.69, 9.17) is 0 Å². The molecule has 0 fully saturated rings. The van der Waals surface area contributed by atoms with Crippen LogP contribution in [0.2, 0.25) is 0 Å². The standard InChI is InChI=1S/C14H12N2/c1-9-5-11-7-16-10(2)6-13(11)14-8-15-4-3-12(9)14/h3-8H,1-2H3. The Balaban J connectivity index is 2.61. The Labute approximate surface area is 94.0 Å². The molecule has 0 N–H and O–H groups in total. The first-order valence-electron chi connectivity index (χ1n) is 5.35. The highest BCUT2D eigenvalue weighted by Crippen LogP contribution is 2.27. The van der Waals surface area contributed by atoms with Crippen molar-refractivity contribution >= 4 is 21.5 Å². The van der Waals surface area contributed by atoms with E-state index < -0.39 is 0 Å². The Morgan fingerprint density at radius 1 is 0.938 bits per heavy atom. The van der Waals surface area contributed by atoms with Crippen LogP contribution in [0.15, 0.2) is 36.8 Å². The van der Waals surface area contributed by atoms with E-state index in [0.717, 1.165) is 5.69 Å². The van der Waals surface area contributed by atoms with Gasteiger partial charge in [0.2, 0.25) is 0 Å². The van der Waals surface area contributed by atoms with Gasteiger partial charge in [-0.25, -0.2) is 0 Å². The van der Waals surface area contributed by atoms with E-state index in [1.165, 1.54) is 27.1 Å². The molecule has 0 aliphatic rings. The van der Waals surface area contributed by atoms with E-state index in [-0.39, 0.29) is 0 Å². The van der Waals surface area contributed by atoms with Gasteiger partial charge in [0.15, 0.2) is 0 Å². The number of aromatic nitrogens is 2. The Kier molecular flexibility index (Phi) is 1.90. The molecule has 1 aromatic carbocycles. The number of hydrogen-bond acceptors (Lipinski definition) is 2. The minimum Gasteiger partial charge on any atom is -0.264 e. The Hall–Kier alpha value is -1.96. The molecule has 0 aliphatic heterocycles. The Bertz CT molecular complexity index is 687. The summed E-state index contributed by atoms with van der Waals surface area (Å²) in [4.78, 5) is 8.55. The number of pyridine rings is 2. The number of hydrogen-bond donors (Lipinski definition) is 0. The van der Waals surface area contributed by atoms with E-state index in [2.05, 4.69) is 35.1 Å². The summed E-state index contributed by atoms with van der Waals surface area (Å²) in [6.45, 7) is 4.14. The number of benzene rings is 1. The summed E-state index contributed by atoms with van der Waals surface area (Å²) in [5, 5.41) is 4.90. The van der Waals surface area contributed by atoms with Crippen LogP contribution >= 0.6 is 0 Å². The SMILES string of the molecule is Cc1cc2c(cn1)cc(C)c1ccncc12. The second kappa shape index (κ2) is 3.27. The average Bonchev–Trinajstić information content (AvgIpc) is 2.31. The highest BCUT2D eigenvalue weighted by molar-refractivity contribution is 6.08. The van der Waals surface area contributed by atoms with Crippen molar-refractivity contribution in [2.24, 2.45) is 0 Å². The second-order valence-corrected chi connectivity index (χ2v) is 4.16. The third-order valence-corrected chi connectivity index (χ3v) is 2.98. The van der Waals surface area contributed by atoms with Gasteiger partial charge in [0.05, 0.1) is 0 Å². The van der Waals surface area contributed by atoms with Gasteiger partial charge in [0.25, 0.3) is 0 Å². The molecule has 0 atom stereocenters. The zero-order valence-corrected chi connectivity index (χ0v) is 9.36. The fourth-order valence-electron chi connectivity index (χ4n) is 2.18. The molecule has 2 nitrogen and oxygen atoms in total. The highest BCUT2D eigenvalue weighted by atomic mass is 14.7. The van der Waals surface area contributed by atoms with E-state index in [9.17, 15) is 0 Å². The molecular formula is C14H12N2.